The van der Waals surface area contributed by atoms with Crippen LogP contribution in [0, 0.1) is 5.92 Å². The Morgan fingerprint density at radius 3 is 2.64 bits per heavy atom. The fourth-order valence-electron chi connectivity index (χ4n) is 4.75. The Morgan fingerprint density at radius 2 is 2.00 bits per heavy atom. The minimum atomic E-state index is -0.0436. The van der Waals surface area contributed by atoms with E-state index in [1.54, 1.807) is 4.68 Å². The zero-order valence-electron chi connectivity index (χ0n) is 16.2. The first kappa shape index (κ1) is 21.2. The van der Waals surface area contributed by atoms with E-state index in [0.29, 0.717) is 6.54 Å². The molecule has 1 saturated heterocycles. The van der Waals surface area contributed by atoms with Crippen LogP contribution in [0.2, 0.25) is 5.02 Å². The van der Waals surface area contributed by atoms with Crippen LogP contribution >= 0.6 is 24.0 Å². The zero-order chi connectivity index (χ0) is 18.9. The van der Waals surface area contributed by atoms with Crippen molar-refractivity contribution in [1.29, 1.82) is 0 Å². The van der Waals surface area contributed by atoms with Crippen LogP contribution in [-0.4, -0.2) is 35.3 Å². The van der Waals surface area contributed by atoms with Gasteiger partial charge in [0.05, 0.1) is 12.1 Å². The van der Waals surface area contributed by atoms with Gasteiger partial charge in [-0.05, 0) is 36.1 Å². The van der Waals surface area contributed by atoms with Gasteiger partial charge in [0.1, 0.15) is 0 Å². The Balaban J connectivity index is 0.00000225. The molecule has 2 aromatic rings. The third-order valence-corrected chi connectivity index (χ3v) is 6.57. The first-order chi connectivity index (χ1) is 13.1. The van der Waals surface area contributed by atoms with Gasteiger partial charge in [-0.2, -0.15) is 5.10 Å². The van der Waals surface area contributed by atoms with Gasteiger partial charge in [0.25, 0.3) is 0 Å². The summed E-state index contributed by atoms with van der Waals surface area (Å²) in [4.78, 5) is 13.0. The molecule has 2 aliphatic rings. The Kier molecular flexibility index (Phi) is 6.69. The van der Waals surface area contributed by atoms with Crippen LogP contribution in [0.15, 0.2) is 36.7 Å². The molecule has 28 heavy (non-hydrogen) atoms. The first-order valence-electron chi connectivity index (χ1n) is 9.80. The van der Waals surface area contributed by atoms with Crippen LogP contribution in [0.1, 0.15) is 42.7 Å². The highest BCUT2D eigenvalue weighted by Gasteiger charge is 2.39. The van der Waals surface area contributed by atoms with Crippen molar-refractivity contribution in [3.8, 4) is 0 Å². The summed E-state index contributed by atoms with van der Waals surface area (Å²) in [6.07, 6.45) is 8.55. The molecule has 1 amide bonds. The smallest absolute Gasteiger partial charge is 0.225 e. The van der Waals surface area contributed by atoms with E-state index in [9.17, 15) is 4.79 Å². The van der Waals surface area contributed by atoms with Gasteiger partial charge in [-0.1, -0.05) is 36.6 Å². The standard InChI is InChI=1S/C21H27ClN4O.ClH/c1-26-13-15(10-25-26)18-11-23-12-19(18)20(27)24-14-21(8-2-3-9-21)16-4-6-17(22)7-5-16;/h4-7,10,13,18-19,23H,2-3,8-9,11-12,14H2,1H3,(H,24,27);1H/t18-,19+;/m1./s1. The highest BCUT2D eigenvalue weighted by Crippen LogP contribution is 2.41. The molecule has 0 bridgehead atoms. The summed E-state index contributed by atoms with van der Waals surface area (Å²) in [7, 11) is 1.91. The fraction of sp³-hybridized carbons (Fsp3) is 0.524. The van der Waals surface area contributed by atoms with E-state index in [-0.39, 0.29) is 35.6 Å². The van der Waals surface area contributed by atoms with E-state index in [0.717, 1.165) is 36.5 Å². The molecule has 0 spiro atoms. The number of amides is 1. The predicted molar refractivity (Wildman–Crippen MR) is 114 cm³/mol. The number of carbonyl (C=O) groups is 1. The number of aromatic nitrogens is 2. The molecule has 152 valence electrons. The Hall–Kier alpha value is -1.56. The Morgan fingerprint density at radius 1 is 1.29 bits per heavy atom. The summed E-state index contributed by atoms with van der Waals surface area (Å²) in [6.45, 7) is 2.25. The molecule has 2 fully saturated rings. The lowest BCUT2D eigenvalue weighted by atomic mass is 9.78. The molecule has 2 atom stereocenters. The highest BCUT2D eigenvalue weighted by molar-refractivity contribution is 6.30. The van der Waals surface area contributed by atoms with Gasteiger partial charge in [0.2, 0.25) is 5.91 Å². The monoisotopic (exact) mass is 422 g/mol. The Labute approximate surface area is 177 Å². The molecule has 0 unspecified atom stereocenters. The molecular formula is C21H28Cl2N4O. The summed E-state index contributed by atoms with van der Waals surface area (Å²) < 4.78 is 1.80. The number of rotatable bonds is 5. The fourth-order valence-corrected chi connectivity index (χ4v) is 4.87. The summed E-state index contributed by atoms with van der Waals surface area (Å²) in [5, 5.41) is 11.7. The summed E-state index contributed by atoms with van der Waals surface area (Å²) in [6, 6.07) is 8.15. The second-order valence-electron chi connectivity index (χ2n) is 8.03. The number of benzene rings is 1. The average Bonchev–Trinajstić information content (AvgIpc) is 3.41. The van der Waals surface area contributed by atoms with Crippen molar-refractivity contribution in [3.63, 3.8) is 0 Å². The van der Waals surface area contributed by atoms with E-state index in [1.807, 2.05) is 31.6 Å². The van der Waals surface area contributed by atoms with Gasteiger partial charge in [-0.25, -0.2) is 0 Å². The quantitative estimate of drug-likeness (QED) is 0.775. The maximum Gasteiger partial charge on any atom is 0.225 e. The average molecular weight is 423 g/mol. The number of hydrogen-bond acceptors (Lipinski definition) is 3. The lowest BCUT2D eigenvalue weighted by Crippen LogP contribution is -2.42. The summed E-state index contributed by atoms with van der Waals surface area (Å²) in [5.41, 5.74) is 2.46. The number of nitrogens with one attached hydrogen (secondary N) is 2. The summed E-state index contributed by atoms with van der Waals surface area (Å²) in [5.74, 6) is 0.292. The van der Waals surface area contributed by atoms with Crippen LogP contribution in [0.25, 0.3) is 0 Å². The van der Waals surface area contributed by atoms with Crippen molar-refractivity contribution in [2.45, 2.75) is 37.0 Å². The molecule has 1 aliphatic carbocycles. The third-order valence-electron chi connectivity index (χ3n) is 6.32. The van der Waals surface area contributed by atoms with E-state index >= 15 is 0 Å². The molecule has 1 aromatic heterocycles. The normalized spacial score (nSPS) is 23.4. The number of halogens is 2. The van der Waals surface area contributed by atoms with Crippen LogP contribution in [0.4, 0.5) is 0 Å². The largest absolute Gasteiger partial charge is 0.355 e. The SMILES string of the molecule is Cl.Cn1cc([C@H]2CNC[C@@H]2C(=O)NCC2(c3ccc(Cl)cc3)CCCC2)cn1. The third kappa shape index (κ3) is 4.22. The zero-order valence-corrected chi connectivity index (χ0v) is 17.7. The van der Waals surface area contributed by atoms with Crippen LogP contribution in [-0.2, 0) is 17.3 Å². The van der Waals surface area contributed by atoms with Gasteiger partial charge < -0.3 is 10.6 Å². The number of hydrogen-bond donors (Lipinski definition) is 2. The Bertz CT molecular complexity index is 799. The number of carbonyl (C=O) groups excluding carboxylic acids is 1. The molecule has 2 N–H and O–H groups in total. The van der Waals surface area contributed by atoms with Crippen LogP contribution in [0.3, 0.4) is 0 Å². The lowest BCUT2D eigenvalue weighted by molar-refractivity contribution is -0.125. The predicted octanol–water partition coefficient (Wildman–Crippen LogP) is 3.43. The van der Waals surface area contributed by atoms with Gasteiger partial charge in [0.15, 0.2) is 0 Å². The minimum Gasteiger partial charge on any atom is -0.355 e. The molecule has 1 saturated carbocycles. The topological polar surface area (TPSA) is 59.0 Å². The van der Waals surface area contributed by atoms with Crippen molar-refractivity contribution < 1.29 is 4.79 Å². The molecule has 1 aromatic carbocycles. The molecule has 1 aliphatic heterocycles. The van der Waals surface area contributed by atoms with Crippen molar-refractivity contribution >= 4 is 29.9 Å². The van der Waals surface area contributed by atoms with Crippen molar-refractivity contribution in [1.82, 2.24) is 20.4 Å². The molecule has 0 radical (unpaired) electrons. The van der Waals surface area contributed by atoms with E-state index < -0.39 is 0 Å². The van der Waals surface area contributed by atoms with E-state index in [2.05, 4.69) is 27.9 Å². The second kappa shape index (κ2) is 8.85. The molecule has 7 heteroatoms. The molecular weight excluding hydrogens is 395 g/mol. The maximum absolute atomic E-state index is 13.0. The van der Waals surface area contributed by atoms with Crippen LogP contribution in [0.5, 0.6) is 0 Å². The lowest BCUT2D eigenvalue weighted by Gasteiger charge is -2.31. The van der Waals surface area contributed by atoms with Gasteiger partial charge in [0, 0.05) is 49.2 Å². The van der Waals surface area contributed by atoms with Gasteiger partial charge >= 0.3 is 0 Å². The minimum absolute atomic E-state index is 0. The number of aryl methyl sites for hydroxylation is 1. The second-order valence-corrected chi connectivity index (χ2v) is 8.47. The molecule has 5 nitrogen and oxygen atoms in total. The highest BCUT2D eigenvalue weighted by atomic mass is 35.5. The number of nitrogens with zero attached hydrogens (tertiary/aromatic N) is 2. The van der Waals surface area contributed by atoms with Crippen LogP contribution < -0.4 is 10.6 Å². The summed E-state index contributed by atoms with van der Waals surface area (Å²) >= 11 is 6.07. The van der Waals surface area contributed by atoms with E-state index in [4.69, 9.17) is 11.6 Å². The van der Waals surface area contributed by atoms with Crippen molar-refractivity contribution in [2.24, 2.45) is 13.0 Å². The van der Waals surface area contributed by atoms with E-state index in [1.165, 1.54) is 18.4 Å². The first-order valence-corrected chi connectivity index (χ1v) is 10.2. The van der Waals surface area contributed by atoms with Gasteiger partial charge in [-0.15, -0.1) is 12.4 Å². The van der Waals surface area contributed by atoms with Crippen molar-refractivity contribution in [3.05, 3.63) is 52.8 Å². The molecule has 2 heterocycles. The molecule has 4 rings (SSSR count). The van der Waals surface area contributed by atoms with Crippen molar-refractivity contribution in [2.75, 3.05) is 19.6 Å². The van der Waals surface area contributed by atoms with Gasteiger partial charge in [-0.3, -0.25) is 9.48 Å². The maximum atomic E-state index is 13.0.